The molecule has 0 bridgehead atoms. The van der Waals surface area contributed by atoms with Crippen molar-refractivity contribution in [3.63, 3.8) is 0 Å². The van der Waals surface area contributed by atoms with Gasteiger partial charge in [0.1, 0.15) is 6.54 Å². The highest BCUT2D eigenvalue weighted by atomic mass is 35.5. The van der Waals surface area contributed by atoms with Gasteiger partial charge in [0.15, 0.2) is 0 Å². The molecule has 0 unspecified atom stereocenters. The summed E-state index contributed by atoms with van der Waals surface area (Å²) >= 11 is 5.59. The van der Waals surface area contributed by atoms with Gasteiger partial charge in [0.2, 0.25) is 15.9 Å². The smallest absolute Gasteiger partial charge is 0.324 e. The van der Waals surface area contributed by atoms with Gasteiger partial charge in [-0.2, -0.15) is 13.2 Å². The number of sulfonamides is 1. The second kappa shape index (κ2) is 8.62. The molecule has 0 atom stereocenters. The Morgan fingerprint density at radius 1 is 1.17 bits per heavy atom. The maximum atomic E-state index is 13.1. The molecule has 0 fully saturated rings. The molecule has 0 spiro atoms. The molecule has 0 saturated carbocycles. The number of hydrogen-bond donors (Lipinski definition) is 1. The van der Waals surface area contributed by atoms with Gasteiger partial charge in [-0.15, -0.1) is 0 Å². The van der Waals surface area contributed by atoms with Crippen LogP contribution in [0, 0.1) is 0 Å². The fourth-order valence-electron chi connectivity index (χ4n) is 2.72. The van der Waals surface area contributed by atoms with Gasteiger partial charge in [0.25, 0.3) is 0 Å². The highest BCUT2D eigenvalue weighted by molar-refractivity contribution is 7.92. The molecule has 0 aliphatic heterocycles. The third-order valence-corrected chi connectivity index (χ3v) is 5.56. The SMILES string of the molecule is CC(C)c1ccccc1NC(=O)CN(c1ccc(Cl)c(C(F)(F)F)c1)S(C)(=O)=O. The minimum atomic E-state index is -4.77. The Kier molecular flexibility index (Phi) is 6.85. The predicted molar refractivity (Wildman–Crippen MR) is 108 cm³/mol. The molecule has 0 aromatic heterocycles. The van der Waals surface area contributed by atoms with Gasteiger partial charge >= 0.3 is 6.18 Å². The standard InChI is InChI=1S/C19H20ClF3N2O3S/c1-12(2)14-6-4-5-7-17(14)24-18(26)11-25(29(3,27)28)13-8-9-16(20)15(10-13)19(21,22)23/h4-10,12H,11H2,1-3H3,(H,24,26). The highest BCUT2D eigenvalue weighted by Crippen LogP contribution is 2.37. The van der Waals surface area contributed by atoms with Crippen LogP contribution in [0.4, 0.5) is 24.5 Å². The van der Waals surface area contributed by atoms with Crippen LogP contribution >= 0.6 is 11.6 Å². The third-order valence-electron chi connectivity index (χ3n) is 4.09. The van der Waals surface area contributed by atoms with Crippen LogP contribution in [0.15, 0.2) is 42.5 Å². The first-order valence-corrected chi connectivity index (χ1v) is 10.8. The summed E-state index contributed by atoms with van der Waals surface area (Å²) in [5.74, 6) is -0.588. The lowest BCUT2D eigenvalue weighted by Crippen LogP contribution is -2.37. The van der Waals surface area contributed by atoms with E-state index in [0.717, 1.165) is 24.0 Å². The summed E-state index contributed by atoms with van der Waals surface area (Å²) in [6.07, 6.45) is -3.96. The number of rotatable bonds is 6. The zero-order chi connectivity index (χ0) is 22.0. The van der Waals surface area contributed by atoms with Crippen molar-refractivity contribution in [3.05, 3.63) is 58.6 Å². The molecule has 0 aliphatic carbocycles. The molecule has 0 saturated heterocycles. The normalized spacial score (nSPS) is 12.1. The third kappa shape index (κ3) is 5.86. The first-order chi connectivity index (χ1) is 13.3. The number of halogens is 4. The molecule has 0 aliphatic rings. The number of alkyl halides is 3. The lowest BCUT2D eigenvalue weighted by Gasteiger charge is -2.23. The van der Waals surface area contributed by atoms with Gasteiger partial charge in [-0.05, 0) is 35.7 Å². The minimum absolute atomic E-state index is 0.100. The zero-order valence-electron chi connectivity index (χ0n) is 15.9. The van der Waals surface area contributed by atoms with Crippen molar-refractivity contribution in [2.45, 2.75) is 25.9 Å². The number of carbonyl (C=O) groups is 1. The molecule has 29 heavy (non-hydrogen) atoms. The van der Waals surface area contributed by atoms with Gasteiger partial charge in [-0.25, -0.2) is 8.42 Å². The molecule has 0 heterocycles. The largest absolute Gasteiger partial charge is 0.417 e. The number of anilines is 2. The Balaban J connectivity index is 2.36. The zero-order valence-corrected chi connectivity index (χ0v) is 17.5. The van der Waals surface area contributed by atoms with Gasteiger partial charge < -0.3 is 5.32 Å². The number of carbonyl (C=O) groups excluding carboxylic acids is 1. The molecule has 0 radical (unpaired) electrons. The second-order valence-corrected chi connectivity index (χ2v) is 9.04. The van der Waals surface area contributed by atoms with Crippen molar-refractivity contribution < 1.29 is 26.4 Å². The van der Waals surface area contributed by atoms with E-state index in [-0.39, 0.29) is 11.6 Å². The molecule has 2 aromatic carbocycles. The summed E-state index contributed by atoms with van der Waals surface area (Å²) in [6, 6.07) is 9.69. The maximum Gasteiger partial charge on any atom is 0.417 e. The number of hydrogen-bond acceptors (Lipinski definition) is 3. The minimum Gasteiger partial charge on any atom is -0.324 e. The fourth-order valence-corrected chi connectivity index (χ4v) is 3.79. The summed E-state index contributed by atoms with van der Waals surface area (Å²) in [5.41, 5.74) is -0.141. The van der Waals surface area contributed by atoms with Crippen molar-refractivity contribution >= 4 is 38.9 Å². The van der Waals surface area contributed by atoms with Crippen LogP contribution in [-0.2, 0) is 21.0 Å². The molecule has 158 valence electrons. The first kappa shape index (κ1) is 23.0. The van der Waals surface area contributed by atoms with E-state index in [0.29, 0.717) is 16.1 Å². The maximum absolute atomic E-state index is 13.1. The molecule has 1 amide bonds. The second-order valence-electron chi connectivity index (χ2n) is 6.72. The number of benzene rings is 2. The van der Waals surface area contributed by atoms with Crippen LogP contribution in [0.1, 0.15) is 30.9 Å². The van der Waals surface area contributed by atoms with Crippen molar-refractivity contribution in [2.24, 2.45) is 0 Å². The van der Waals surface area contributed by atoms with Gasteiger partial charge in [0, 0.05) is 5.69 Å². The van der Waals surface area contributed by atoms with E-state index in [1.807, 2.05) is 19.9 Å². The molecular formula is C19H20ClF3N2O3S. The van der Waals surface area contributed by atoms with Crippen LogP contribution in [0.2, 0.25) is 5.02 Å². The summed E-state index contributed by atoms with van der Waals surface area (Å²) in [5, 5.41) is 2.06. The van der Waals surface area contributed by atoms with Crippen LogP contribution in [-0.4, -0.2) is 27.1 Å². The number of para-hydroxylation sites is 1. The van der Waals surface area contributed by atoms with E-state index in [9.17, 15) is 26.4 Å². The van der Waals surface area contributed by atoms with Crippen molar-refractivity contribution in [2.75, 3.05) is 22.4 Å². The van der Waals surface area contributed by atoms with Crippen molar-refractivity contribution in [1.29, 1.82) is 0 Å². The van der Waals surface area contributed by atoms with E-state index < -0.39 is 39.2 Å². The number of amides is 1. The van der Waals surface area contributed by atoms with E-state index in [1.54, 1.807) is 18.2 Å². The molecule has 2 rings (SSSR count). The topological polar surface area (TPSA) is 66.5 Å². The molecule has 10 heteroatoms. The van der Waals surface area contributed by atoms with Crippen LogP contribution < -0.4 is 9.62 Å². The van der Waals surface area contributed by atoms with Crippen LogP contribution in [0.25, 0.3) is 0 Å². The van der Waals surface area contributed by atoms with Gasteiger partial charge in [-0.1, -0.05) is 43.6 Å². The molecule has 2 aromatic rings. The summed E-state index contributed by atoms with van der Waals surface area (Å²) in [4.78, 5) is 12.5. The Labute approximate surface area is 172 Å². The molecule has 1 N–H and O–H groups in total. The lowest BCUT2D eigenvalue weighted by molar-refractivity contribution is -0.137. The average Bonchev–Trinajstić information content (AvgIpc) is 2.58. The predicted octanol–water partition coefficient (Wildman–Crippen LogP) is 4.89. The van der Waals surface area contributed by atoms with Crippen LogP contribution in [0.5, 0.6) is 0 Å². The summed E-state index contributed by atoms with van der Waals surface area (Å²) < 4.78 is 64.3. The van der Waals surface area contributed by atoms with E-state index in [4.69, 9.17) is 11.6 Å². The summed E-state index contributed by atoms with van der Waals surface area (Å²) in [7, 11) is -4.04. The van der Waals surface area contributed by atoms with E-state index in [1.165, 1.54) is 0 Å². The fraction of sp³-hybridized carbons (Fsp3) is 0.316. The van der Waals surface area contributed by atoms with E-state index in [2.05, 4.69) is 5.32 Å². The van der Waals surface area contributed by atoms with Gasteiger partial charge in [-0.3, -0.25) is 9.10 Å². The number of nitrogens with zero attached hydrogens (tertiary/aromatic N) is 1. The lowest BCUT2D eigenvalue weighted by atomic mass is 10.0. The summed E-state index contributed by atoms with van der Waals surface area (Å²) in [6.45, 7) is 3.17. The Hall–Kier alpha value is -2.26. The van der Waals surface area contributed by atoms with E-state index >= 15 is 0 Å². The first-order valence-electron chi connectivity index (χ1n) is 8.54. The Morgan fingerprint density at radius 2 is 1.79 bits per heavy atom. The Bertz CT molecular complexity index is 1010. The monoisotopic (exact) mass is 448 g/mol. The molecular weight excluding hydrogens is 429 g/mol. The van der Waals surface area contributed by atoms with Crippen LogP contribution in [0.3, 0.4) is 0 Å². The van der Waals surface area contributed by atoms with Crippen molar-refractivity contribution in [3.8, 4) is 0 Å². The van der Waals surface area contributed by atoms with Crippen molar-refractivity contribution in [1.82, 2.24) is 0 Å². The highest BCUT2D eigenvalue weighted by Gasteiger charge is 2.34. The molecule has 5 nitrogen and oxygen atoms in total. The average molecular weight is 449 g/mol. The van der Waals surface area contributed by atoms with Gasteiger partial charge in [0.05, 0.1) is 22.5 Å². The Morgan fingerprint density at radius 3 is 2.34 bits per heavy atom. The quantitative estimate of drug-likeness (QED) is 0.684. The number of nitrogens with one attached hydrogen (secondary N) is 1.